The zero-order chi connectivity index (χ0) is 14.5. The number of aromatic nitrogens is 1. The molecule has 23 heavy (non-hydrogen) atoms. The zero-order valence-corrected chi connectivity index (χ0v) is 15.0. The summed E-state index contributed by atoms with van der Waals surface area (Å²) in [5, 5.41) is 3.44. The third kappa shape index (κ3) is 5.21. The van der Waals surface area contributed by atoms with Gasteiger partial charge in [0.2, 0.25) is 5.89 Å². The number of nitrogens with zero attached hydrogens (tertiary/aromatic N) is 2. The van der Waals surface area contributed by atoms with E-state index >= 15 is 0 Å². The molecular formula is C17H25Cl2N3O. The second-order valence-corrected chi connectivity index (χ2v) is 5.60. The van der Waals surface area contributed by atoms with Gasteiger partial charge in [-0.2, -0.15) is 0 Å². The molecule has 0 saturated carbocycles. The Labute approximate surface area is 150 Å². The fourth-order valence-electron chi connectivity index (χ4n) is 2.92. The van der Waals surface area contributed by atoms with Gasteiger partial charge in [0.15, 0.2) is 5.76 Å². The van der Waals surface area contributed by atoms with Crippen LogP contribution in [0.1, 0.15) is 25.7 Å². The van der Waals surface area contributed by atoms with Gasteiger partial charge in [0.1, 0.15) is 0 Å². The number of hydrogen-bond donors (Lipinski definition) is 1. The molecule has 0 radical (unpaired) electrons. The third-order valence-electron chi connectivity index (χ3n) is 4.01. The molecular weight excluding hydrogens is 333 g/mol. The first-order chi connectivity index (χ1) is 10.4. The predicted molar refractivity (Wildman–Crippen MR) is 98.4 cm³/mol. The van der Waals surface area contributed by atoms with Crippen LogP contribution < -0.4 is 5.32 Å². The number of nitrogens with one attached hydrogen (secondary N) is 1. The van der Waals surface area contributed by atoms with Gasteiger partial charge in [-0.25, -0.2) is 4.98 Å². The molecule has 1 saturated heterocycles. The smallest absolute Gasteiger partial charge is 0.209 e. The Morgan fingerprint density at radius 3 is 2.70 bits per heavy atom. The van der Waals surface area contributed by atoms with Crippen LogP contribution in [0.25, 0.3) is 11.3 Å². The van der Waals surface area contributed by atoms with Crippen molar-refractivity contribution >= 4 is 24.8 Å². The van der Waals surface area contributed by atoms with Gasteiger partial charge < -0.3 is 9.73 Å². The summed E-state index contributed by atoms with van der Waals surface area (Å²) in [6, 6.07) is 10.8. The molecule has 1 fully saturated rings. The van der Waals surface area contributed by atoms with Crippen molar-refractivity contribution in [1.29, 1.82) is 0 Å². The molecule has 6 heteroatoms. The Morgan fingerprint density at radius 1 is 1.26 bits per heavy atom. The molecule has 2 aromatic rings. The molecule has 1 aromatic heterocycles. The zero-order valence-electron chi connectivity index (χ0n) is 13.4. The molecule has 0 spiro atoms. The third-order valence-corrected chi connectivity index (χ3v) is 4.01. The fraction of sp³-hybridized carbons (Fsp3) is 0.471. The highest BCUT2D eigenvalue weighted by atomic mass is 35.5. The minimum Gasteiger partial charge on any atom is -0.439 e. The van der Waals surface area contributed by atoms with Crippen molar-refractivity contribution in [2.45, 2.75) is 32.4 Å². The first-order valence-electron chi connectivity index (χ1n) is 7.81. The van der Waals surface area contributed by atoms with Crippen molar-refractivity contribution in [3.8, 4) is 11.3 Å². The van der Waals surface area contributed by atoms with E-state index in [9.17, 15) is 0 Å². The maximum Gasteiger partial charge on any atom is 0.209 e. The molecule has 1 N–H and O–H groups in total. The van der Waals surface area contributed by atoms with Crippen LogP contribution in [0, 0.1) is 0 Å². The van der Waals surface area contributed by atoms with Gasteiger partial charge in [-0.3, -0.25) is 4.90 Å². The molecule has 0 aliphatic carbocycles. The monoisotopic (exact) mass is 357 g/mol. The lowest BCUT2D eigenvalue weighted by molar-refractivity contribution is 0.182. The largest absolute Gasteiger partial charge is 0.439 e. The fourth-order valence-corrected chi connectivity index (χ4v) is 2.92. The lowest BCUT2D eigenvalue weighted by Gasteiger charge is -2.26. The topological polar surface area (TPSA) is 41.3 Å². The van der Waals surface area contributed by atoms with E-state index in [1.54, 1.807) is 0 Å². The number of oxazole rings is 1. The lowest BCUT2D eigenvalue weighted by atomic mass is 10.2. The minimum absolute atomic E-state index is 0. The molecule has 1 aromatic carbocycles. The van der Waals surface area contributed by atoms with E-state index in [1.807, 2.05) is 24.4 Å². The summed E-state index contributed by atoms with van der Waals surface area (Å²) < 4.78 is 5.93. The summed E-state index contributed by atoms with van der Waals surface area (Å²) >= 11 is 0. The van der Waals surface area contributed by atoms with Crippen molar-refractivity contribution < 1.29 is 4.42 Å². The summed E-state index contributed by atoms with van der Waals surface area (Å²) in [5.41, 5.74) is 1.08. The highest BCUT2D eigenvalue weighted by Gasteiger charge is 2.23. The average Bonchev–Trinajstić information content (AvgIpc) is 3.19. The van der Waals surface area contributed by atoms with Crippen LogP contribution in [0.2, 0.25) is 0 Å². The summed E-state index contributed by atoms with van der Waals surface area (Å²) in [4.78, 5) is 6.94. The highest BCUT2D eigenvalue weighted by molar-refractivity contribution is 5.85. The summed E-state index contributed by atoms with van der Waals surface area (Å²) in [6.07, 6.45) is 4.21. The van der Waals surface area contributed by atoms with Crippen LogP contribution in [0.4, 0.5) is 0 Å². The number of benzene rings is 1. The number of halogens is 2. The van der Waals surface area contributed by atoms with Gasteiger partial charge in [0.05, 0.1) is 12.7 Å². The Morgan fingerprint density at radius 2 is 2.04 bits per heavy atom. The normalized spacial score (nSPS) is 16.9. The van der Waals surface area contributed by atoms with Crippen molar-refractivity contribution in [1.82, 2.24) is 15.2 Å². The molecule has 0 bridgehead atoms. The van der Waals surface area contributed by atoms with E-state index < -0.39 is 0 Å². The van der Waals surface area contributed by atoms with E-state index in [1.165, 1.54) is 6.42 Å². The van der Waals surface area contributed by atoms with Gasteiger partial charge in [0, 0.05) is 18.2 Å². The molecule has 1 aliphatic rings. The Bertz CT molecular complexity index is 556. The minimum atomic E-state index is 0. The first-order valence-corrected chi connectivity index (χ1v) is 7.81. The van der Waals surface area contributed by atoms with Crippen molar-refractivity contribution in [2.75, 3.05) is 19.6 Å². The number of hydrogen-bond acceptors (Lipinski definition) is 4. The maximum absolute atomic E-state index is 5.93. The Kier molecular flexibility index (Phi) is 8.63. The van der Waals surface area contributed by atoms with E-state index in [0.29, 0.717) is 6.04 Å². The average molecular weight is 358 g/mol. The van der Waals surface area contributed by atoms with Crippen molar-refractivity contribution in [3.05, 3.63) is 42.4 Å². The SMILES string of the molecule is CCCN(Cc1ncc(-c2ccccc2)o1)C1CCNC1.Cl.Cl. The summed E-state index contributed by atoms with van der Waals surface area (Å²) in [5.74, 6) is 1.67. The Hall–Kier alpha value is -1.07. The molecule has 4 nitrogen and oxygen atoms in total. The van der Waals surface area contributed by atoms with Gasteiger partial charge >= 0.3 is 0 Å². The van der Waals surface area contributed by atoms with Crippen molar-refractivity contribution in [2.24, 2.45) is 0 Å². The molecule has 1 atom stereocenters. The van der Waals surface area contributed by atoms with E-state index in [4.69, 9.17) is 4.42 Å². The highest BCUT2D eigenvalue weighted by Crippen LogP contribution is 2.21. The van der Waals surface area contributed by atoms with Gasteiger partial charge in [-0.1, -0.05) is 37.3 Å². The first kappa shape index (κ1) is 20.0. The lowest BCUT2D eigenvalue weighted by Crippen LogP contribution is -2.37. The molecule has 0 amide bonds. The predicted octanol–water partition coefficient (Wildman–Crippen LogP) is 3.76. The van der Waals surface area contributed by atoms with E-state index in [-0.39, 0.29) is 24.8 Å². The van der Waals surface area contributed by atoms with Crippen LogP contribution in [-0.2, 0) is 6.54 Å². The van der Waals surface area contributed by atoms with Crippen molar-refractivity contribution in [3.63, 3.8) is 0 Å². The molecule has 1 unspecified atom stereocenters. The van der Waals surface area contributed by atoms with E-state index in [0.717, 1.165) is 49.8 Å². The molecule has 2 heterocycles. The second kappa shape index (κ2) is 9.93. The van der Waals surface area contributed by atoms with Crippen LogP contribution in [0.5, 0.6) is 0 Å². The van der Waals surface area contributed by atoms with Crippen LogP contribution in [-0.4, -0.2) is 35.6 Å². The van der Waals surface area contributed by atoms with Gasteiger partial charge in [-0.15, -0.1) is 24.8 Å². The standard InChI is InChI=1S/C17H23N3O.2ClH/c1-2-10-20(15-8-9-18-11-15)13-17-19-12-16(21-17)14-6-4-3-5-7-14;;/h3-7,12,15,18H,2,8-11,13H2,1H3;2*1H. The van der Waals surface area contributed by atoms with Crippen LogP contribution in [0.3, 0.4) is 0 Å². The summed E-state index contributed by atoms with van der Waals surface area (Å²) in [7, 11) is 0. The van der Waals surface area contributed by atoms with E-state index in [2.05, 4.69) is 34.3 Å². The molecule has 3 rings (SSSR count). The molecule has 128 valence electrons. The maximum atomic E-state index is 5.93. The van der Waals surface area contributed by atoms with Crippen LogP contribution in [0.15, 0.2) is 40.9 Å². The Balaban J connectivity index is 0.00000132. The number of rotatable bonds is 6. The quantitative estimate of drug-likeness (QED) is 0.854. The van der Waals surface area contributed by atoms with Gasteiger partial charge in [-0.05, 0) is 25.9 Å². The second-order valence-electron chi connectivity index (χ2n) is 5.60. The summed E-state index contributed by atoms with van der Waals surface area (Å²) in [6.45, 7) is 6.31. The van der Waals surface area contributed by atoms with Gasteiger partial charge in [0.25, 0.3) is 0 Å². The molecule has 1 aliphatic heterocycles. The van der Waals surface area contributed by atoms with Crippen LogP contribution >= 0.6 is 24.8 Å².